The van der Waals surface area contributed by atoms with Crippen molar-refractivity contribution in [3.05, 3.63) is 38.8 Å². The molecule has 100 valence electrons. The van der Waals surface area contributed by atoms with Gasteiger partial charge in [-0.3, -0.25) is 4.79 Å². The summed E-state index contributed by atoms with van der Waals surface area (Å²) in [4.78, 5) is 23.9. The van der Waals surface area contributed by atoms with Gasteiger partial charge in [-0.25, -0.2) is 9.89 Å². The van der Waals surface area contributed by atoms with Crippen molar-refractivity contribution in [1.82, 2.24) is 10.2 Å². The molecule has 0 aliphatic rings. The minimum Gasteiger partial charge on any atom is -0.462 e. The summed E-state index contributed by atoms with van der Waals surface area (Å²) in [6, 6.07) is 1.81. The smallest absolute Gasteiger partial charge is 0.338 e. The number of carbonyl (C=O) groups is 1. The Morgan fingerprint density at radius 2 is 2.05 bits per heavy atom. The minimum atomic E-state index is -0.395. The van der Waals surface area contributed by atoms with Crippen molar-refractivity contribution < 1.29 is 9.53 Å². The van der Waals surface area contributed by atoms with Gasteiger partial charge in [0, 0.05) is 5.39 Å². The highest BCUT2D eigenvalue weighted by Gasteiger charge is 2.18. The number of carbonyl (C=O) groups excluding carboxylic acids is 1. The second-order valence-corrected chi connectivity index (χ2v) is 4.47. The summed E-state index contributed by atoms with van der Waals surface area (Å²) in [5.41, 5.74) is 2.34. The standard InChI is InChI=1S/C14H16N2O3/c1-5-19-14(18)11-7(2)6-10-9(4)15-16-13(17)12(10)8(11)3/h6H,5H2,1-4H3,(H,16,17). The highest BCUT2D eigenvalue weighted by atomic mass is 16.5. The van der Waals surface area contributed by atoms with Gasteiger partial charge in [-0.05, 0) is 44.9 Å². The highest BCUT2D eigenvalue weighted by molar-refractivity contribution is 6.00. The quantitative estimate of drug-likeness (QED) is 0.838. The van der Waals surface area contributed by atoms with E-state index < -0.39 is 5.97 Å². The number of fused-ring (bicyclic) bond motifs is 1. The van der Waals surface area contributed by atoms with Crippen molar-refractivity contribution >= 4 is 16.7 Å². The molecule has 2 rings (SSSR count). The fourth-order valence-electron chi connectivity index (χ4n) is 2.33. The van der Waals surface area contributed by atoms with E-state index in [9.17, 15) is 9.59 Å². The highest BCUT2D eigenvalue weighted by Crippen LogP contribution is 2.24. The number of benzene rings is 1. The fraction of sp³-hybridized carbons (Fsp3) is 0.357. The van der Waals surface area contributed by atoms with Crippen molar-refractivity contribution in [1.29, 1.82) is 0 Å². The first-order valence-corrected chi connectivity index (χ1v) is 6.13. The van der Waals surface area contributed by atoms with Gasteiger partial charge in [0.15, 0.2) is 0 Å². The third kappa shape index (κ3) is 2.12. The number of ether oxygens (including phenoxy) is 1. The number of aryl methyl sites for hydroxylation is 3. The van der Waals surface area contributed by atoms with Crippen molar-refractivity contribution in [3.63, 3.8) is 0 Å². The van der Waals surface area contributed by atoms with Crippen molar-refractivity contribution in [2.75, 3.05) is 6.61 Å². The minimum absolute atomic E-state index is 0.288. The van der Waals surface area contributed by atoms with Gasteiger partial charge in [-0.1, -0.05) is 0 Å². The molecule has 2 aromatic rings. The third-order valence-electron chi connectivity index (χ3n) is 3.20. The number of nitrogens with one attached hydrogen (secondary N) is 1. The van der Waals surface area contributed by atoms with Crippen molar-refractivity contribution in [2.45, 2.75) is 27.7 Å². The van der Waals surface area contributed by atoms with Crippen molar-refractivity contribution in [2.24, 2.45) is 0 Å². The third-order valence-corrected chi connectivity index (χ3v) is 3.20. The van der Waals surface area contributed by atoms with E-state index in [1.54, 1.807) is 13.8 Å². The molecule has 5 nitrogen and oxygen atoms in total. The molecule has 0 fully saturated rings. The lowest BCUT2D eigenvalue weighted by molar-refractivity contribution is 0.0525. The van der Waals surface area contributed by atoms with E-state index in [1.165, 1.54) is 0 Å². The number of hydrogen-bond acceptors (Lipinski definition) is 4. The summed E-state index contributed by atoms with van der Waals surface area (Å²) in [7, 11) is 0. The van der Waals surface area contributed by atoms with E-state index >= 15 is 0 Å². The lowest BCUT2D eigenvalue weighted by atomic mass is 9.96. The van der Waals surface area contributed by atoms with Gasteiger partial charge < -0.3 is 4.74 Å². The summed E-state index contributed by atoms with van der Waals surface area (Å²) in [6.45, 7) is 7.47. The summed E-state index contributed by atoms with van der Waals surface area (Å²) >= 11 is 0. The van der Waals surface area contributed by atoms with Gasteiger partial charge >= 0.3 is 5.97 Å². The maximum atomic E-state index is 12.0. The Hall–Kier alpha value is -2.17. The zero-order chi connectivity index (χ0) is 14.2. The Kier molecular flexibility index (Phi) is 3.38. The Labute approximate surface area is 110 Å². The predicted molar refractivity (Wildman–Crippen MR) is 72.5 cm³/mol. The van der Waals surface area contributed by atoms with Gasteiger partial charge in [-0.15, -0.1) is 0 Å². The largest absolute Gasteiger partial charge is 0.462 e. The van der Waals surface area contributed by atoms with Gasteiger partial charge in [0.25, 0.3) is 5.56 Å². The number of H-pyrrole nitrogens is 1. The summed E-state index contributed by atoms with van der Waals surface area (Å²) in [5.74, 6) is -0.395. The molecule has 0 atom stereocenters. The van der Waals surface area contributed by atoms with Crippen LogP contribution >= 0.6 is 0 Å². The predicted octanol–water partition coefficient (Wildman–Crippen LogP) is 2.03. The molecule has 1 N–H and O–H groups in total. The number of hydrogen-bond donors (Lipinski definition) is 1. The molecule has 1 aromatic heterocycles. The zero-order valence-corrected chi connectivity index (χ0v) is 11.5. The topological polar surface area (TPSA) is 72.0 Å². The molecule has 0 saturated carbocycles. The van der Waals surface area contributed by atoms with E-state index in [1.807, 2.05) is 19.9 Å². The summed E-state index contributed by atoms with van der Waals surface area (Å²) in [5, 5.41) is 7.66. The molecule has 0 saturated heterocycles. The first kappa shape index (κ1) is 13.3. The number of nitrogens with zero attached hydrogens (tertiary/aromatic N) is 1. The fourth-order valence-corrected chi connectivity index (χ4v) is 2.33. The van der Waals surface area contributed by atoms with Crippen molar-refractivity contribution in [3.8, 4) is 0 Å². The Morgan fingerprint density at radius 3 is 2.68 bits per heavy atom. The van der Waals surface area contributed by atoms with Gasteiger partial charge in [0.2, 0.25) is 0 Å². The van der Waals surface area contributed by atoms with Gasteiger partial charge in [0.05, 0.1) is 23.3 Å². The number of aromatic nitrogens is 2. The van der Waals surface area contributed by atoms with E-state index in [4.69, 9.17) is 4.74 Å². The van der Waals surface area contributed by atoms with Crippen LogP contribution in [0.25, 0.3) is 10.8 Å². The second-order valence-electron chi connectivity index (χ2n) is 4.47. The normalized spacial score (nSPS) is 10.7. The molecule has 5 heteroatoms. The molecule has 0 unspecified atom stereocenters. The van der Waals surface area contributed by atoms with Gasteiger partial charge in [-0.2, -0.15) is 5.10 Å². The number of esters is 1. The summed E-state index contributed by atoms with van der Waals surface area (Å²) < 4.78 is 5.04. The maximum Gasteiger partial charge on any atom is 0.338 e. The number of rotatable bonds is 2. The molecule has 1 heterocycles. The molecule has 0 radical (unpaired) electrons. The van der Waals surface area contributed by atoms with Crippen LogP contribution in [0.15, 0.2) is 10.9 Å². The van der Waals surface area contributed by atoms with E-state index in [-0.39, 0.29) is 5.56 Å². The maximum absolute atomic E-state index is 12.0. The molecular weight excluding hydrogens is 244 g/mol. The van der Waals surface area contributed by atoms with Crippen LogP contribution in [-0.4, -0.2) is 22.8 Å². The second kappa shape index (κ2) is 4.84. The Balaban J connectivity index is 2.86. The Bertz CT molecular complexity index is 717. The molecular formula is C14H16N2O3. The average Bonchev–Trinajstić information content (AvgIpc) is 2.34. The van der Waals surface area contributed by atoms with Crippen LogP contribution in [0, 0.1) is 20.8 Å². The lowest BCUT2D eigenvalue weighted by Gasteiger charge is -2.12. The lowest BCUT2D eigenvalue weighted by Crippen LogP contribution is -2.15. The average molecular weight is 260 g/mol. The first-order chi connectivity index (χ1) is 8.97. The zero-order valence-electron chi connectivity index (χ0n) is 11.5. The molecule has 0 amide bonds. The molecule has 1 aromatic carbocycles. The van der Waals surface area contributed by atoms with Crippen LogP contribution in [0.3, 0.4) is 0 Å². The summed E-state index contributed by atoms with van der Waals surface area (Å²) in [6.07, 6.45) is 0. The van der Waals surface area contributed by atoms with E-state index in [0.29, 0.717) is 23.1 Å². The monoisotopic (exact) mass is 260 g/mol. The van der Waals surface area contributed by atoms with Gasteiger partial charge in [0.1, 0.15) is 0 Å². The molecule has 0 aliphatic heterocycles. The first-order valence-electron chi connectivity index (χ1n) is 6.13. The van der Waals surface area contributed by atoms with Crippen LogP contribution in [0.2, 0.25) is 0 Å². The van der Waals surface area contributed by atoms with Crippen LogP contribution in [0.5, 0.6) is 0 Å². The van der Waals surface area contributed by atoms with Crippen LogP contribution < -0.4 is 5.56 Å². The van der Waals surface area contributed by atoms with E-state index in [2.05, 4.69) is 10.2 Å². The van der Waals surface area contributed by atoms with E-state index in [0.717, 1.165) is 16.6 Å². The van der Waals surface area contributed by atoms with Crippen LogP contribution in [-0.2, 0) is 4.74 Å². The molecule has 0 aliphatic carbocycles. The molecule has 0 spiro atoms. The number of aromatic amines is 1. The van der Waals surface area contributed by atoms with Crippen LogP contribution in [0.1, 0.15) is 34.1 Å². The molecule has 0 bridgehead atoms. The van der Waals surface area contributed by atoms with Crippen LogP contribution in [0.4, 0.5) is 0 Å². The molecule has 19 heavy (non-hydrogen) atoms. The SMILES string of the molecule is CCOC(=O)c1c(C)cc2c(C)n[nH]c(=O)c2c1C. The Morgan fingerprint density at radius 1 is 1.37 bits per heavy atom.